The molecule has 2 aliphatic heterocycles. The Labute approximate surface area is 156 Å². The maximum Gasteiger partial charge on any atom is 0.245 e. The van der Waals surface area contributed by atoms with Gasteiger partial charge in [0.05, 0.1) is 17.9 Å². The smallest absolute Gasteiger partial charge is 0.245 e. The van der Waals surface area contributed by atoms with Crippen LogP contribution in [0.5, 0.6) is 0 Å². The highest BCUT2D eigenvalue weighted by atomic mass is 16.2. The third kappa shape index (κ3) is 3.41. The largest absolute Gasteiger partial charge is 0.294 e. The molecule has 0 saturated carbocycles. The molecule has 0 aromatic heterocycles. The summed E-state index contributed by atoms with van der Waals surface area (Å²) in [4.78, 5) is 17.8. The molecule has 0 aliphatic carbocycles. The minimum Gasteiger partial charge on any atom is -0.294 e. The normalized spacial score (nSPS) is 23.1. The zero-order valence-corrected chi connectivity index (χ0v) is 15.8. The molecule has 2 aromatic carbocycles. The van der Waals surface area contributed by atoms with Gasteiger partial charge < -0.3 is 0 Å². The Morgan fingerprint density at radius 1 is 0.885 bits per heavy atom. The highest BCUT2D eigenvalue weighted by Crippen LogP contribution is 2.36. The number of anilines is 2. The molecule has 1 amide bonds. The van der Waals surface area contributed by atoms with Gasteiger partial charge in [0.15, 0.2) is 0 Å². The highest BCUT2D eigenvalue weighted by molar-refractivity contribution is 6.03. The van der Waals surface area contributed by atoms with E-state index >= 15 is 0 Å². The molecule has 2 heterocycles. The molecule has 3 nitrogen and oxygen atoms in total. The van der Waals surface area contributed by atoms with Crippen molar-refractivity contribution in [2.75, 3.05) is 24.5 Å². The topological polar surface area (TPSA) is 23.6 Å². The van der Waals surface area contributed by atoms with Crippen LogP contribution in [0.25, 0.3) is 0 Å². The van der Waals surface area contributed by atoms with Gasteiger partial charge in [-0.15, -0.1) is 0 Å². The van der Waals surface area contributed by atoms with Crippen LogP contribution in [0.2, 0.25) is 0 Å². The van der Waals surface area contributed by atoms with Gasteiger partial charge in [-0.2, -0.15) is 0 Å². The van der Waals surface area contributed by atoms with E-state index in [2.05, 4.69) is 55.1 Å². The number of nitrogens with zero attached hydrogens (tertiary/aromatic N) is 2. The maximum absolute atomic E-state index is 13.4. The Morgan fingerprint density at radius 2 is 1.38 bits per heavy atom. The van der Waals surface area contributed by atoms with Crippen LogP contribution in [-0.2, 0) is 17.6 Å². The second-order valence-corrected chi connectivity index (χ2v) is 8.13. The molecule has 0 bridgehead atoms. The fourth-order valence-corrected chi connectivity index (χ4v) is 4.73. The number of rotatable bonds is 2. The van der Waals surface area contributed by atoms with Gasteiger partial charge >= 0.3 is 0 Å². The maximum atomic E-state index is 13.4. The molecule has 0 unspecified atom stereocenters. The summed E-state index contributed by atoms with van der Waals surface area (Å²) in [6, 6.07) is 16.7. The Hall–Kier alpha value is -2.13. The summed E-state index contributed by atoms with van der Waals surface area (Å²) in [6.45, 7) is 7.13. The standard InChI is InChI=1S/C23H28N2O/c1-17-13-18(2)15-24(14-17)16-23(26)25-21-9-5-3-7-19(21)11-12-20-8-4-6-10-22(20)25/h3-10,17-18H,11-16H2,1-2H3/t17-,18+. The van der Waals surface area contributed by atoms with E-state index in [1.165, 1.54) is 17.5 Å². The molecule has 2 aromatic rings. The highest BCUT2D eigenvalue weighted by Gasteiger charge is 2.29. The monoisotopic (exact) mass is 348 g/mol. The first-order valence-electron chi connectivity index (χ1n) is 9.83. The second-order valence-electron chi connectivity index (χ2n) is 8.13. The molecule has 136 valence electrons. The Kier molecular flexibility index (Phi) is 4.82. The van der Waals surface area contributed by atoms with Gasteiger partial charge in [-0.25, -0.2) is 0 Å². The number of likely N-dealkylation sites (tertiary alicyclic amines) is 1. The van der Waals surface area contributed by atoms with Gasteiger partial charge in [-0.05, 0) is 54.4 Å². The summed E-state index contributed by atoms with van der Waals surface area (Å²) in [7, 11) is 0. The van der Waals surface area contributed by atoms with Crippen molar-refractivity contribution in [2.24, 2.45) is 11.8 Å². The summed E-state index contributed by atoms with van der Waals surface area (Å²) < 4.78 is 0. The summed E-state index contributed by atoms with van der Waals surface area (Å²) in [5.74, 6) is 1.51. The average molecular weight is 348 g/mol. The average Bonchev–Trinajstić information content (AvgIpc) is 2.77. The first-order valence-corrected chi connectivity index (χ1v) is 9.83. The molecule has 1 saturated heterocycles. The molecule has 0 radical (unpaired) electrons. The van der Waals surface area contributed by atoms with Crippen LogP contribution in [0.1, 0.15) is 31.4 Å². The quantitative estimate of drug-likeness (QED) is 0.802. The van der Waals surface area contributed by atoms with E-state index in [9.17, 15) is 4.79 Å². The number of aryl methyl sites for hydroxylation is 2. The Balaban J connectivity index is 1.67. The minimum absolute atomic E-state index is 0.188. The number of para-hydroxylation sites is 2. The summed E-state index contributed by atoms with van der Waals surface area (Å²) in [5.41, 5.74) is 4.64. The van der Waals surface area contributed by atoms with Gasteiger partial charge in [0.25, 0.3) is 0 Å². The lowest BCUT2D eigenvalue weighted by atomic mass is 9.92. The number of carbonyl (C=O) groups excluding carboxylic acids is 1. The van der Waals surface area contributed by atoms with Crippen molar-refractivity contribution in [3.8, 4) is 0 Å². The molecule has 4 rings (SSSR count). The number of amides is 1. The number of carbonyl (C=O) groups is 1. The van der Waals surface area contributed by atoms with Gasteiger partial charge in [-0.3, -0.25) is 14.6 Å². The van der Waals surface area contributed by atoms with E-state index in [-0.39, 0.29) is 5.91 Å². The van der Waals surface area contributed by atoms with Crippen molar-refractivity contribution in [1.29, 1.82) is 0 Å². The molecule has 26 heavy (non-hydrogen) atoms. The molecule has 1 fully saturated rings. The molecule has 0 spiro atoms. The van der Waals surface area contributed by atoms with Crippen molar-refractivity contribution in [2.45, 2.75) is 33.1 Å². The number of piperidine rings is 1. The van der Waals surface area contributed by atoms with Crippen molar-refractivity contribution >= 4 is 17.3 Å². The first-order chi connectivity index (χ1) is 12.6. The second kappa shape index (κ2) is 7.24. The zero-order chi connectivity index (χ0) is 18.1. The molecule has 3 heteroatoms. The molecule has 0 N–H and O–H groups in total. The van der Waals surface area contributed by atoms with E-state index < -0.39 is 0 Å². The molecular formula is C23H28N2O. The minimum atomic E-state index is 0.188. The Morgan fingerprint density at radius 3 is 1.92 bits per heavy atom. The third-order valence-corrected chi connectivity index (χ3v) is 5.68. The van der Waals surface area contributed by atoms with Crippen LogP contribution in [0.15, 0.2) is 48.5 Å². The van der Waals surface area contributed by atoms with Gasteiger partial charge in [0, 0.05) is 13.1 Å². The summed E-state index contributed by atoms with van der Waals surface area (Å²) in [6.07, 6.45) is 3.23. The number of fused-ring (bicyclic) bond motifs is 2. The Bertz CT molecular complexity index is 743. The lowest BCUT2D eigenvalue weighted by Gasteiger charge is -2.36. The van der Waals surface area contributed by atoms with Crippen LogP contribution in [0.3, 0.4) is 0 Å². The van der Waals surface area contributed by atoms with E-state index in [0.717, 1.165) is 37.3 Å². The van der Waals surface area contributed by atoms with Gasteiger partial charge in [-0.1, -0.05) is 50.2 Å². The fraction of sp³-hybridized carbons (Fsp3) is 0.435. The SMILES string of the molecule is C[C@@H]1C[C@H](C)CN(CC(=O)N2c3ccccc3CCc3ccccc32)C1. The van der Waals surface area contributed by atoms with Crippen molar-refractivity contribution in [1.82, 2.24) is 4.90 Å². The van der Waals surface area contributed by atoms with Gasteiger partial charge in [0.1, 0.15) is 0 Å². The molecule has 2 atom stereocenters. The predicted octanol–water partition coefficient (Wildman–Crippen LogP) is 4.43. The lowest BCUT2D eigenvalue weighted by Crippen LogP contribution is -2.45. The van der Waals surface area contributed by atoms with Gasteiger partial charge in [0.2, 0.25) is 5.91 Å². The van der Waals surface area contributed by atoms with Crippen molar-refractivity contribution in [3.63, 3.8) is 0 Å². The predicted molar refractivity (Wildman–Crippen MR) is 107 cm³/mol. The van der Waals surface area contributed by atoms with E-state index in [1.54, 1.807) is 0 Å². The van der Waals surface area contributed by atoms with Crippen LogP contribution < -0.4 is 4.90 Å². The van der Waals surface area contributed by atoms with Crippen molar-refractivity contribution in [3.05, 3.63) is 59.7 Å². The third-order valence-electron chi connectivity index (χ3n) is 5.68. The zero-order valence-electron chi connectivity index (χ0n) is 15.8. The van der Waals surface area contributed by atoms with Crippen LogP contribution in [0.4, 0.5) is 11.4 Å². The number of hydrogen-bond donors (Lipinski definition) is 0. The lowest BCUT2D eigenvalue weighted by molar-refractivity contribution is -0.119. The fourth-order valence-electron chi connectivity index (χ4n) is 4.73. The van der Waals surface area contributed by atoms with E-state index in [0.29, 0.717) is 18.4 Å². The summed E-state index contributed by atoms with van der Waals surface area (Å²) >= 11 is 0. The molecule has 2 aliphatic rings. The van der Waals surface area contributed by atoms with Crippen LogP contribution in [0, 0.1) is 11.8 Å². The van der Waals surface area contributed by atoms with Crippen LogP contribution >= 0.6 is 0 Å². The van der Waals surface area contributed by atoms with Crippen molar-refractivity contribution < 1.29 is 4.79 Å². The number of benzene rings is 2. The first kappa shape index (κ1) is 17.3. The number of hydrogen-bond acceptors (Lipinski definition) is 2. The van der Waals surface area contributed by atoms with E-state index in [1.807, 2.05) is 17.0 Å². The van der Waals surface area contributed by atoms with E-state index in [4.69, 9.17) is 0 Å². The van der Waals surface area contributed by atoms with Crippen LogP contribution in [-0.4, -0.2) is 30.4 Å². The summed E-state index contributed by atoms with van der Waals surface area (Å²) in [5, 5.41) is 0. The molecular weight excluding hydrogens is 320 g/mol.